The molecule has 36 heavy (non-hydrogen) atoms. The molecule has 1 amide bonds. The van der Waals surface area contributed by atoms with Gasteiger partial charge in [0, 0.05) is 30.8 Å². The summed E-state index contributed by atoms with van der Waals surface area (Å²) in [5.41, 5.74) is 0.806. The highest BCUT2D eigenvalue weighted by molar-refractivity contribution is 6.03. The van der Waals surface area contributed by atoms with Gasteiger partial charge in [-0.05, 0) is 62.1 Å². The number of carbonyl (C=O) groups excluding carboxylic acids is 1. The van der Waals surface area contributed by atoms with Crippen molar-refractivity contribution in [2.75, 3.05) is 18.9 Å². The molecule has 1 atom stereocenters. The molecule has 2 fully saturated rings. The first-order chi connectivity index (χ1) is 17.1. The van der Waals surface area contributed by atoms with Crippen LogP contribution in [-0.4, -0.2) is 43.9 Å². The Balaban J connectivity index is 1.24. The van der Waals surface area contributed by atoms with Crippen molar-refractivity contribution in [3.63, 3.8) is 0 Å². The van der Waals surface area contributed by atoms with Crippen LogP contribution >= 0.6 is 0 Å². The fourth-order valence-electron chi connectivity index (χ4n) is 4.94. The monoisotopic (exact) mass is 496 g/mol. The zero-order valence-corrected chi connectivity index (χ0v) is 19.6. The minimum Gasteiger partial charge on any atom is -0.337 e. The number of pyridine rings is 1. The number of fused-ring (bicyclic) bond motifs is 1. The molecule has 0 unspecified atom stereocenters. The van der Waals surface area contributed by atoms with Gasteiger partial charge in [-0.2, -0.15) is 4.98 Å². The van der Waals surface area contributed by atoms with E-state index >= 15 is 0 Å². The van der Waals surface area contributed by atoms with Gasteiger partial charge in [0.05, 0.1) is 17.9 Å². The Labute approximate surface area is 204 Å². The van der Waals surface area contributed by atoms with E-state index in [4.69, 9.17) is 4.52 Å². The van der Waals surface area contributed by atoms with Crippen LogP contribution in [0.4, 0.5) is 18.9 Å². The second kappa shape index (κ2) is 7.89. The quantitative estimate of drug-likeness (QED) is 0.416. The average molecular weight is 496 g/mol. The number of nitrogens with zero attached hydrogens (tertiary/aromatic N) is 5. The van der Waals surface area contributed by atoms with Gasteiger partial charge in [0.2, 0.25) is 11.7 Å². The largest absolute Gasteiger partial charge is 0.337 e. The van der Waals surface area contributed by atoms with Gasteiger partial charge in [-0.1, -0.05) is 5.16 Å². The molecule has 1 aliphatic carbocycles. The van der Waals surface area contributed by atoms with Crippen LogP contribution in [-0.2, 0) is 5.92 Å². The van der Waals surface area contributed by atoms with E-state index in [2.05, 4.69) is 25.3 Å². The maximum absolute atomic E-state index is 14.6. The van der Waals surface area contributed by atoms with Crippen LogP contribution < -0.4 is 5.32 Å². The Morgan fingerprint density at radius 1 is 1.25 bits per heavy atom. The number of anilines is 1. The van der Waals surface area contributed by atoms with Crippen molar-refractivity contribution in [1.82, 2.24) is 24.4 Å². The normalized spacial score (nSPS) is 19.3. The summed E-state index contributed by atoms with van der Waals surface area (Å²) in [6.45, 7) is 1.79. The molecule has 6 rings (SSSR count). The number of rotatable bonds is 5. The molecule has 1 saturated carbocycles. The number of alkyl halides is 2. The molecule has 8 nitrogen and oxygen atoms in total. The second-order valence-electron chi connectivity index (χ2n) is 9.92. The van der Waals surface area contributed by atoms with Crippen molar-refractivity contribution < 1.29 is 22.5 Å². The third-order valence-electron chi connectivity index (χ3n) is 7.15. The van der Waals surface area contributed by atoms with Crippen LogP contribution in [0.15, 0.2) is 47.2 Å². The van der Waals surface area contributed by atoms with Gasteiger partial charge in [0.1, 0.15) is 17.2 Å². The number of imidazole rings is 1. The van der Waals surface area contributed by atoms with Gasteiger partial charge in [-0.3, -0.25) is 14.1 Å². The lowest BCUT2D eigenvalue weighted by molar-refractivity contribution is 0.0175. The highest BCUT2D eigenvalue weighted by Crippen LogP contribution is 2.57. The molecule has 1 N–H and O–H groups in total. The van der Waals surface area contributed by atoms with Crippen molar-refractivity contribution >= 4 is 17.2 Å². The summed E-state index contributed by atoms with van der Waals surface area (Å²) in [7, 11) is 2.04. The number of benzene rings is 1. The standard InChI is InChI=1S/C25H23F3N6O2/c1-24(27,28)15-5-8-34-19(12-29-20(34)10-15)22(35)30-17-9-14(3-4-16(17)26)21-31-23(36-32-21)18-11-25(6-7-25)13-33(18)2/h3-5,8-10,12,18H,6-7,11,13H2,1-2H3,(H,30,35)/t18-/m0/s1. The molecule has 1 aliphatic heterocycles. The first-order valence-corrected chi connectivity index (χ1v) is 11.6. The molecule has 3 aromatic heterocycles. The Bertz CT molecular complexity index is 1490. The van der Waals surface area contributed by atoms with E-state index in [9.17, 15) is 18.0 Å². The van der Waals surface area contributed by atoms with Crippen LogP contribution in [0.1, 0.15) is 54.2 Å². The predicted octanol–water partition coefficient (Wildman–Crippen LogP) is 5.04. The highest BCUT2D eigenvalue weighted by atomic mass is 19.3. The highest BCUT2D eigenvalue weighted by Gasteiger charge is 2.52. The maximum Gasteiger partial charge on any atom is 0.274 e. The smallest absolute Gasteiger partial charge is 0.274 e. The fraction of sp³-hybridized carbons (Fsp3) is 0.360. The Morgan fingerprint density at radius 3 is 2.78 bits per heavy atom. The van der Waals surface area contributed by atoms with Gasteiger partial charge in [0.25, 0.3) is 11.8 Å². The Hall–Kier alpha value is -3.73. The average Bonchev–Trinajstić information content (AvgIpc) is 3.18. The van der Waals surface area contributed by atoms with Gasteiger partial charge >= 0.3 is 0 Å². The van der Waals surface area contributed by atoms with E-state index in [-0.39, 0.29) is 28.6 Å². The summed E-state index contributed by atoms with van der Waals surface area (Å²) in [6, 6.07) is 6.64. The minimum absolute atomic E-state index is 0.0525. The predicted molar refractivity (Wildman–Crippen MR) is 124 cm³/mol. The summed E-state index contributed by atoms with van der Waals surface area (Å²) in [4.78, 5) is 23.7. The van der Waals surface area contributed by atoms with Crippen molar-refractivity contribution in [3.8, 4) is 11.4 Å². The summed E-state index contributed by atoms with van der Waals surface area (Å²) in [5.74, 6) is -3.52. The number of hydrogen-bond donors (Lipinski definition) is 1. The van der Waals surface area contributed by atoms with Crippen LogP contribution in [0.3, 0.4) is 0 Å². The SMILES string of the molecule is CN1CC2(CC2)C[C@H]1c1nc(-c2ccc(F)c(NC(=O)c3cnc4cc(C(C)(F)F)ccn34)c2)no1. The number of hydrogen-bond acceptors (Lipinski definition) is 6. The van der Waals surface area contributed by atoms with Gasteiger partial charge in [0.15, 0.2) is 0 Å². The summed E-state index contributed by atoms with van der Waals surface area (Å²) >= 11 is 0. The van der Waals surface area contributed by atoms with Crippen LogP contribution in [0, 0.1) is 11.2 Å². The second-order valence-corrected chi connectivity index (χ2v) is 9.92. The topological polar surface area (TPSA) is 88.6 Å². The van der Waals surface area contributed by atoms with E-state index in [1.54, 1.807) is 0 Å². The van der Waals surface area contributed by atoms with Crippen molar-refractivity contribution in [2.45, 2.75) is 38.2 Å². The van der Waals surface area contributed by atoms with Crippen molar-refractivity contribution in [1.29, 1.82) is 0 Å². The lowest BCUT2D eigenvalue weighted by Crippen LogP contribution is -2.18. The lowest BCUT2D eigenvalue weighted by atomic mass is 10.0. The van der Waals surface area contributed by atoms with E-state index < -0.39 is 17.6 Å². The number of likely N-dealkylation sites (tertiary alicyclic amines) is 1. The number of carbonyl (C=O) groups is 1. The van der Waals surface area contributed by atoms with Gasteiger partial charge in [-0.25, -0.2) is 18.2 Å². The summed E-state index contributed by atoms with van der Waals surface area (Å²) in [6.07, 6.45) is 6.00. The molecular weight excluding hydrogens is 473 g/mol. The van der Waals surface area contributed by atoms with Gasteiger partial charge in [-0.15, -0.1) is 0 Å². The third kappa shape index (κ3) is 3.93. The maximum atomic E-state index is 14.6. The zero-order chi connectivity index (χ0) is 25.2. The molecule has 4 heterocycles. The molecule has 2 aliphatic rings. The fourth-order valence-corrected chi connectivity index (χ4v) is 4.94. The molecule has 0 bridgehead atoms. The summed E-state index contributed by atoms with van der Waals surface area (Å²) < 4.78 is 48.7. The van der Waals surface area contributed by atoms with Crippen LogP contribution in [0.5, 0.6) is 0 Å². The lowest BCUT2D eigenvalue weighted by Gasteiger charge is -2.14. The number of aromatic nitrogens is 4. The summed E-state index contributed by atoms with van der Waals surface area (Å²) in [5, 5.41) is 6.61. The molecule has 0 radical (unpaired) electrons. The first kappa shape index (κ1) is 22.7. The van der Waals surface area contributed by atoms with Crippen LogP contribution in [0.2, 0.25) is 0 Å². The van der Waals surface area contributed by atoms with Crippen molar-refractivity contribution in [2.24, 2.45) is 5.41 Å². The number of nitrogens with one attached hydrogen (secondary N) is 1. The Kier molecular flexibility index (Phi) is 4.98. The number of amides is 1. The van der Waals surface area contributed by atoms with E-state index in [1.807, 2.05) is 7.05 Å². The van der Waals surface area contributed by atoms with E-state index in [1.165, 1.54) is 60.0 Å². The molecule has 11 heteroatoms. The van der Waals surface area contributed by atoms with Crippen LogP contribution in [0.25, 0.3) is 17.0 Å². The van der Waals surface area contributed by atoms with E-state index in [0.29, 0.717) is 22.7 Å². The molecule has 1 saturated heterocycles. The minimum atomic E-state index is -3.04. The van der Waals surface area contributed by atoms with Crippen molar-refractivity contribution in [3.05, 3.63) is 65.7 Å². The Morgan fingerprint density at radius 2 is 2.06 bits per heavy atom. The molecule has 4 aromatic rings. The molecule has 1 spiro atoms. The first-order valence-electron chi connectivity index (χ1n) is 11.6. The van der Waals surface area contributed by atoms with Gasteiger partial charge < -0.3 is 9.84 Å². The zero-order valence-electron chi connectivity index (χ0n) is 19.6. The van der Waals surface area contributed by atoms with E-state index in [0.717, 1.165) is 19.9 Å². The molecule has 186 valence electrons. The molecule has 1 aromatic carbocycles. The molecular formula is C25H23F3N6O2. The number of halogens is 3. The third-order valence-corrected chi connectivity index (χ3v) is 7.15.